The van der Waals surface area contributed by atoms with Crippen LogP contribution in [-0.4, -0.2) is 36.7 Å². The summed E-state index contributed by atoms with van der Waals surface area (Å²) in [5, 5.41) is 3.13. The molecule has 14 heavy (non-hydrogen) atoms. The number of esters is 1. The van der Waals surface area contributed by atoms with Gasteiger partial charge in [0.15, 0.2) is 0 Å². The summed E-state index contributed by atoms with van der Waals surface area (Å²) >= 11 is 1.79. The first-order valence-corrected chi connectivity index (χ1v) is 6.39. The molecular formula is C10H21NO2S. The van der Waals surface area contributed by atoms with Crippen LogP contribution in [0.1, 0.15) is 27.2 Å². The van der Waals surface area contributed by atoms with Gasteiger partial charge in [0.25, 0.3) is 0 Å². The predicted molar refractivity (Wildman–Crippen MR) is 61.7 cm³/mol. The van der Waals surface area contributed by atoms with E-state index in [9.17, 15) is 4.79 Å². The Bertz CT molecular complexity index is 153. The molecule has 4 heteroatoms. The molecule has 0 aliphatic heterocycles. The molecule has 0 spiro atoms. The summed E-state index contributed by atoms with van der Waals surface area (Å²) in [6.45, 7) is 7.23. The molecule has 0 heterocycles. The number of thioether (sulfide) groups is 1. The van der Waals surface area contributed by atoms with E-state index in [2.05, 4.69) is 12.2 Å². The van der Waals surface area contributed by atoms with Gasteiger partial charge in [0.1, 0.15) is 6.04 Å². The third kappa shape index (κ3) is 6.27. The summed E-state index contributed by atoms with van der Waals surface area (Å²) in [6.07, 6.45) is 1.15. The zero-order chi connectivity index (χ0) is 10.8. The molecule has 1 unspecified atom stereocenters. The molecule has 1 atom stereocenters. The van der Waals surface area contributed by atoms with E-state index in [0.29, 0.717) is 6.61 Å². The lowest BCUT2D eigenvalue weighted by atomic mass is 10.3. The van der Waals surface area contributed by atoms with Crippen molar-refractivity contribution in [2.45, 2.75) is 33.2 Å². The van der Waals surface area contributed by atoms with Crippen molar-refractivity contribution >= 4 is 17.7 Å². The van der Waals surface area contributed by atoms with E-state index in [0.717, 1.165) is 24.5 Å². The van der Waals surface area contributed by atoms with Gasteiger partial charge in [0.05, 0.1) is 6.61 Å². The van der Waals surface area contributed by atoms with E-state index in [1.807, 2.05) is 13.8 Å². The van der Waals surface area contributed by atoms with Crippen molar-refractivity contribution in [1.82, 2.24) is 5.32 Å². The second kappa shape index (κ2) is 9.34. The number of hydrogen-bond donors (Lipinski definition) is 1. The van der Waals surface area contributed by atoms with Gasteiger partial charge in [-0.2, -0.15) is 11.8 Å². The highest BCUT2D eigenvalue weighted by atomic mass is 32.2. The number of carbonyl (C=O) groups is 1. The molecule has 0 aromatic carbocycles. The number of hydrogen-bond acceptors (Lipinski definition) is 4. The van der Waals surface area contributed by atoms with E-state index < -0.39 is 0 Å². The quantitative estimate of drug-likeness (QED) is 0.498. The van der Waals surface area contributed by atoms with Crippen LogP contribution in [0.2, 0.25) is 0 Å². The van der Waals surface area contributed by atoms with Crippen LogP contribution in [0.3, 0.4) is 0 Å². The van der Waals surface area contributed by atoms with Crippen LogP contribution in [-0.2, 0) is 9.53 Å². The number of nitrogens with one attached hydrogen (secondary N) is 1. The van der Waals surface area contributed by atoms with Crippen molar-refractivity contribution in [3.8, 4) is 0 Å². The number of likely N-dealkylation sites (N-methyl/N-ethyl adjacent to an activating group) is 1. The van der Waals surface area contributed by atoms with Gasteiger partial charge in [-0.3, -0.25) is 4.79 Å². The van der Waals surface area contributed by atoms with E-state index in [-0.39, 0.29) is 12.0 Å². The Balaban J connectivity index is 3.81. The maximum atomic E-state index is 11.4. The van der Waals surface area contributed by atoms with Gasteiger partial charge >= 0.3 is 5.97 Å². The molecule has 0 bridgehead atoms. The fraction of sp³-hybridized carbons (Fsp3) is 0.900. The molecule has 0 rings (SSSR count). The second-order valence-electron chi connectivity index (χ2n) is 2.94. The van der Waals surface area contributed by atoms with Crippen LogP contribution in [0.25, 0.3) is 0 Å². The molecule has 0 aliphatic carbocycles. The maximum Gasteiger partial charge on any atom is 0.323 e. The van der Waals surface area contributed by atoms with Crippen molar-refractivity contribution in [2.24, 2.45) is 0 Å². The van der Waals surface area contributed by atoms with Crippen molar-refractivity contribution in [3.63, 3.8) is 0 Å². The minimum Gasteiger partial charge on any atom is -0.465 e. The first-order valence-electron chi connectivity index (χ1n) is 5.23. The molecule has 0 radical (unpaired) electrons. The molecule has 1 N–H and O–H groups in total. The van der Waals surface area contributed by atoms with Gasteiger partial charge < -0.3 is 10.1 Å². The summed E-state index contributed by atoms with van der Waals surface area (Å²) in [7, 11) is 0. The van der Waals surface area contributed by atoms with Gasteiger partial charge in [0, 0.05) is 5.75 Å². The lowest BCUT2D eigenvalue weighted by molar-refractivity contribution is -0.144. The minimum absolute atomic E-state index is 0.127. The number of carbonyl (C=O) groups excluding carboxylic acids is 1. The van der Waals surface area contributed by atoms with Crippen LogP contribution in [0.4, 0.5) is 0 Å². The fourth-order valence-corrected chi connectivity index (χ4v) is 1.99. The number of ether oxygens (including phenoxy) is 1. The molecule has 3 nitrogen and oxygen atoms in total. The van der Waals surface area contributed by atoms with E-state index in [1.54, 1.807) is 11.8 Å². The summed E-state index contributed by atoms with van der Waals surface area (Å²) < 4.78 is 4.97. The van der Waals surface area contributed by atoms with Crippen LogP contribution < -0.4 is 5.32 Å². The fourth-order valence-electron chi connectivity index (χ4n) is 1.05. The topological polar surface area (TPSA) is 38.3 Å². The van der Waals surface area contributed by atoms with Gasteiger partial charge in [0.2, 0.25) is 0 Å². The second-order valence-corrected chi connectivity index (χ2v) is 4.09. The molecule has 0 amide bonds. The minimum atomic E-state index is -0.142. The van der Waals surface area contributed by atoms with Crippen molar-refractivity contribution in [3.05, 3.63) is 0 Å². The standard InChI is InChI=1S/C10H21NO2S/c1-4-7-14-8-9(11-5-2)10(12)13-6-3/h9,11H,4-8H2,1-3H3. The molecule has 0 saturated carbocycles. The Labute approximate surface area is 91.0 Å². The highest BCUT2D eigenvalue weighted by Gasteiger charge is 2.17. The van der Waals surface area contributed by atoms with Crippen LogP contribution in [0.15, 0.2) is 0 Å². The van der Waals surface area contributed by atoms with Crippen LogP contribution in [0.5, 0.6) is 0 Å². The van der Waals surface area contributed by atoms with Crippen molar-refractivity contribution in [1.29, 1.82) is 0 Å². The van der Waals surface area contributed by atoms with Crippen molar-refractivity contribution in [2.75, 3.05) is 24.7 Å². The zero-order valence-corrected chi connectivity index (χ0v) is 10.2. The van der Waals surface area contributed by atoms with Crippen molar-refractivity contribution < 1.29 is 9.53 Å². The van der Waals surface area contributed by atoms with Gasteiger partial charge in [-0.1, -0.05) is 13.8 Å². The summed E-state index contributed by atoms with van der Waals surface area (Å²) in [4.78, 5) is 11.4. The van der Waals surface area contributed by atoms with Crippen LogP contribution >= 0.6 is 11.8 Å². The molecule has 0 aliphatic rings. The molecule has 0 fully saturated rings. The van der Waals surface area contributed by atoms with E-state index in [4.69, 9.17) is 4.74 Å². The Morgan fingerprint density at radius 2 is 2.14 bits per heavy atom. The average molecular weight is 219 g/mol. The van der Waals surface area contributed by atoms with Gasteiger partial charge in [-0.05, 0) is 25.6 Å². The zero-order valence-electron chi connectivity index (χ0n) is 9.34. The first-order chi connectivity index (χ1) is 6.76. The maximum absolute atomic E-state index is 11.4. The van der Waals surface area contributed by atoms with Crippen LogP contribution in [0, 0.1) is 0 Å². The molecule has 0 saturated heterocycles. The highest BCUT2D eigenvalue weighted by molar-refractivity contribution is 7.99. The third-order valence-corrected chi connectivity index (χ3v) is 2.92. The van der Waals surface area contributed by atoms with E-state index >= 15 is 0 Å². The Morgan fingerprint density at radius 3 is 2.64 bits per heavy atom. The molecule has 0 aromatic rings. The molecule has 84 valence electrons. The molecular weight excluding hydrogens is 198 g/mol. The summed E-state index contributed by atoms with van der Waals surface area (Å²) in [5.41, 5.74) is 0. The van der Waals surface area contributed by atoms with Gasteiger partial charge in [-0.15, -0.1) is 0 Å². The lowest BCUT2D eigenvalue weighted by Gasteiger charge is -2.15. The smallest absolute Gasteiger partial charge is 0.323 e. The summed E-state index contributed by atoms with van der Waals surface area (Å²) in [5.74, 6) is 1.78. The third-order valence-electron chi connectivity index (χ3n) is 1.65. The normalized spacial score (nSPS) is 12.5. The Morgan fingerprint density at radius 1 is 1.43 bits per heavy atom. The van der Waals surface area contributed by atoms with E-state index in [1.165, 1.54) is 0 Å². The monoisotopic (exact) mass is 219 g/mol. The largest absolute Gasteiger partial charge is 0.465 e. The number of rotatable bonds is 8. The highest BCUT2D eigenvalue weighted by Crippen LogP contribution is 2.05. The lowest BCUT2D eigenvalue weighted by Crippen LogP contribution is -2.40. The Hall–Kier alpha value is -0.220. The Kier molecular flexibility index (Phi) is 9.19. The summed E-state index contributed by atoms with van der Waals surface area (Å²) in [6, 6.07) is -0.142. The predicted octanol–water partition coefficient (Wildman–Crippen LogP) is 1.67. The van der Waals surface area contributed by atoms with Gasteiger partial charge in [-0.25, -0.2) is 0 Å². The SMILES string of the molecule is CCCSCC(NCC)C(=O)OCC. The molecule has 0 aromatic heterocycles. The first kappa shape index (κ1) is 13.8. The average Bonchev–Trinajstić information content (AvgIpc) is 2.17.